The SMILES string of the molecule is O=C(c1ccc(C(F)(F)F)nc1)N(CCO)CC(F)(F)F. The molecule has 0 aliphatic carbocycles. The maximum absolute atomic E-state index is 12.3. The number of aliphatic hydroxyl groups is 1. The maximum Gasteiger partial charge on any atom is 0.433 e. The molecule has 0 aliphatic rings. The Balaban J connectivity index is 2.94. The van der Waals surface area contributed by atoms with Crippen molar-refractivity contribution in [1.82, 2.24) is 9.88 Å². The Morgan fingerprint density at radius 1 is 1.19 bits per heavy atom. The van der Waals surface area contributed by atoms with Crippen LogP contribution in [0.1, 0.15) is 16.1 Å². The van der Waals surface area contributed by atoms with Crippen molar-refractivity contribution in [1.29, 1.82) is 0 Å². The van der Waals surface area contributed by atoms with Crippen LogP contribution in [-0.4, -0.2) is 46.8 Å². The molecule has 0 saturated heterocycles. The van der Waals surface area contributed by atoms with Gasteiger partial charge in [-0.05, 0) is 12.1 Å². The number of amides is 1. The first-order chi connectivity index (χ1) is 9.54. The fraction of sp³-hybridized carbons (Fsp3) is 0.455. The van der Waals surface area contributed by atoms with E-state index in [9.17, 15) is 31.1 Å². The van der Waals surface area contributed by atoms with Gasteiger partial charge in [0.25, 0.3) is 5.91 Å². The lowest BCUT2D eigenvalue weighted by Crippen LogP contribution is -2.40. The number of pyridine rings is 1. The third kappa shape index (κ3) is 5.21. The van der Waals surface area contributed by atoms with E-state index >= 15 is 0 Å². The van der Waals surface area contributed by atoms with Crippen molar-refractivity contribution < 1.29 is 36.2 Å². The number of alkyl halides is 6. The second kappa shape index (κ2) is 6.29. The minimum atomic E-state index is -4.71. The van der Waals surface area contributed by atoms with Gasteiger partial charge in [-0.1, -0.05) is 0 Å². The summed E-state index contributed by atoms with van der Waals surface area (Å²) < 4.78 is 73.7. The number of carbonyl (C=O) groups is 1. The minimum Gasteiger partial charge on any atom is -0.395 e. The van der Waals surface area contributed by atoms with Crippen molar-refractivity contribution in [2.24, 2.45) is 0 Å². The zero-order chi connectivity index (χ0) is 16.3. The fourth-order valence-electron chi connectivity index (χ4n) is 1.46. The Morgan fingerprint density at radius 2 is 1.81 bits per heavy atom. The monoisotopic (exact) mass is 316 g/mol. The summed E-state index contributed by atoms with van der Waals surface area (Å²) in [4.78, 5) is 15.0. The minimum absolute atomic E-state index is 0.282. The van der Waals surface area contributed by atoms with Gasteiger partial charge in [0.05, 0.1) is 12.2 Å². The molecule has 0 spiro atoms. The molecular formula is C11H10F6N2O2. The van der Waals surface area contributed by atoms with Crippen LogP contribution in [0.25, 0.3) is 0 Å². The van der Waals surface area contributed by atoms with Crippen molar-refractivity contribution in [3.05, 3.63) is 29.6 Å². The van der Waals surface area contributed by atoms with Crippen LogP contribution in [-0.2, 0) is 6.18 Å². The van der Waals surface area contributed by atoms with Gasteiger partial charge in [0.15, 0.2) is 0 Å². The number of nitrogens with zero attached hydrogens (tertiary/aromatic N) is 2. The molecule has 1 heterocycles. The molecule has 0 unspecified atom stereocenters. The van der Waals surface area contributed by atoms with Crippen LogP contribution in [0, 0.1) is 0 Å². The number of aliphatic hydroxyl groups excluding tert-OH is 1. The summed E-state index contributed by atoms with van der Waals surface area (Å²) >= 11 is 0. The smallest absolute Gasteiger partial charge is 0.395 e. The molecule has 1 aromatic rings. The first-order valence-corrected chi connectivity index (χ1v) is 5.55. The molecule has 1 rings (SSSR count). The number of aromatic nitrogens is 1. The molecule has 0 aromatic carbocycles. The van der Waals surface area contributed by atoms with Crippen LogP contribution < -0.4 is 0 Å². The van der Waals surface area contributed by atoms with E-state index in [2.05, 4.69) is 4.98 Å². The largest absolute Gasteiger partial charge is 0.433 e. The third-order valence-electron chi connectivity index (χ3n) is 2.33. The lowest BCUT2D eigenvalue weighted by Gasteiger charge is -2.23. The highest BCUT2D eigenvalue weighted by atomic mass is 19.4. The average Bonchev–Trinajstić information content (AvgIpc) is 2.35. The molecule has 1 amide bonds. The summed E-state index contributed by atoms with van der Waals surface area (Å²) in [5, 5.41) is 8.65. The Bertz CT molecular complexity index is 483. The molecule has 0 bridgehead atoms. The van der Waals surface area contributed by atoms with Gasteiger partial charge in [-0.25, -0.2) is 0 Å². The summed E-state index contributed by atoms with van der Waals surface area (Å²) in [5.41, 5.74) is -1.69. The molecule has 0 saturated carbocycles. The Labute approximate surface area is 115 Å². The fourth-order valence-corrected chi connectivity index (χ4v) is 1.46. The average molecular weight is 316 g/mol. The molecule has 21 heavy (non-hydrogen) atoms. The number of halogens is 6. The topological polar surface area (TPSA) is 53.4 Å². The van der Waals surface area contributed by atoms with Crippen molar-refractivity contribution in [2.75, 3.05) is 19.7 Å². The zero-order valence-electron chi connectivity index (χ0n) is 10.4. The lowest BCUT2D eigenvalue weighted by atomic mass is 10.2. The van der Waals surface area contributed by atoms with Gasteiger partial charge in [0, 0.05) is 12.7 Å². The summed E-state index contributed by atoms with van der Waals surface area (Å²) in [7, 11) is 0. The lowest BCUT2D eigenvalue weighted by molar-refractivity contribution is -0.141. The van der Waals surface area contributed by atoms with Gasteiger partial charge < -0.3 is 10.0 Å². The third-order valence-corrected chi connectivity index (χ3v) is 2.33. The summed E-state index contributed by atoms with van der Waals surface area (Å²) in [6, 6.07) is 1.23. The predicted octanol–water partition coefficient (Wildman–Crippen LogP) is 2.10. The molecule has 0 aliphatic heterocycles. The first-order valence-electron chi connectivity index (χ1n) is 5.55. The van der Waals surface area contributed by atoms with Crippen molar-refractivity contribution in [2.45, 2.75) is 12.4 Å². The van der Waals surface area contributed by atoms with Crippen LogP contribution in [0.5, 0.6) is 0 Å². The second-order valence-electron chi connectivity index (χ2n) is 4.00. The van der Waals surface area contributed by atoms with E-state index in [0.717, 1.165) is 6.07 Å². The van der Waals surface area contributed by atoms with Gasteiger partial charge in [-0.3, -0.25) is 9.78 Å². The van der Waals surface area contributed by atoms with Crippen LogP contribution in [0.2, 0.25) is 0 Å². The van der Waals surface area contributed by atoms with Gasteiger partial charge in [0.2, 0.25) is 0 Å². The van der Waals surface area contributed by atoms with Crippen LogP contribution in [0.4, 0.5) is 26.3 Å². The Morgan fingerprint density at radius 3 is 2.19 bits per heavy atom. The molecule has 0 radical (unpaired) electrons. The van der Waals surface area contributed by atoms with Gasteiger partial charge in [-0.2, -0.15) is 26.3 Å². The van der Waals surface area contributed by atoms with E-state index in [4.69, 9.17) is 5.11 Å². The summed E-state index contributed by atoms with van der Waals surface area (Å²) in [6.45, 7) is -2.93. The molecule has 0 atom stereocenters. The number of hydrogen-bond acceptors (Lipinski definition) is 3. The molecular weight excluding hydrogens is 306 g/mol. The predicted molar refractivity (Wildman–Crippen MR) is 58.3 cm³/mol. The van der Waals surface area contributed by atoms with Crippen LogP contribution >= 0.6 is 0 Å². The first kappa shape index (κ1) is 17.2. The zero-order valence-corrected chi connectivity index (χ0v) is 10.4. The molecule has 4 nitrogen and oxygen atoms in total. The summed E-state index contributed by atoms with van der Waals surface area (Å²) in [5.74, 6) is -1.16. The van der Waals surface area contributed by atoms with E-state index in [1.165, 1.54) is 0 Å². The van der Waals surface area contributed by atoms with Crippen LogP contribution in [0.3, 0.4) is 0 Å². The standard InChI is InChI=1S/C11H10F6N2O2/c12-10(13,14)6-19(3-4-20)9(21)7-1-2-8(18-5-7)11(15,16)17/h1-2,5,20H,3-4,6H2. The highest BCUT2D eigenvalue weighted by Crippen LogP contribution is 2.27. The Hall–Kier alpha value is -1.84. The quantitative estimate of drug-likeness (QED) is 0.866. The highest BCUT2D eigenvalue weighted by Gasteiger charge is 2.34. The van der Waals surface area contributed by atoms with E-state index in [-0.39, 0.29) is 4.90 Å². The molecule has 118 valence electrons. The Kier molecular flexibility index (Phi) is 5.15. The maximum atomic E-state index is 12.3. The van der Waals surface area contributed by atoms with Crippen LogP contribution in [0.15, 0.2) is 18.3 Å². The molecule has 1 aromatic heterocycles. The molecule has 10 heteroatoms. The van der Waals surface area contributed by atoms with Gasteiger partial charge in [0.1, 0.15) is 12.2 Å². The molecule has 0 fully saturated rings. The van der Waals surface area contributed by atoms with Gasteiger partial charge in [-0.15, -0.1) is 0 Å². The highest BCUT2D eigenvalue weighted by molar-refractivity contribution is 5.94. The number of carbonyl (C=O) groups excluding carboxylic acids is 1. The number of hydrogen-bond donors (Lipinski definition) is 1. The van der Waals surface area contributed by atoms with Crippen molar-refractivity contribution in [3.8, 4) is 0 Å². The second-order valence-corrected chi connectivity index (χ2v) is 4.00. The van der Waals surface area contributed by atoms with E-state index in [1.807, 2.05) is 0 Å². The molecule has 1 N–H and O–H groups in total. The normalized spacial score (nSPS) is 12.3. The number of rotatable bonds is 4. The van der Waals surface area contributed by atoms with E-state index < -0.39 is 49.2 Å². The van der Waals surface area contributed by atoms with Crippen molar-refractivity contribution in [3.63, 3.8) is 0 Å². The van der Waals surface area contributed by atoms with E-state index in [1.54, 1.807) is 0 Å². The summed E-state index contributed by atoms with van der Waals surface area (Å²) in [6.07, 6.45) is -8.85. The van der Waals surface area contributed by atoms with E-state index in [0.29, 0.717) is 12.3 Å². The van der Waals surface area contributed by atoms with Crippen molar-refractivity contribution >= 4 is 5.91 Å². The van der Waals surface area contributed by atoms with Gasteiger partial charge >= 0.3 is 12.4 Å².